The average Bonchev–Trinajstić information content (AvgIpc) is 1.92. The summed E-state index contributed by atoms with van der Waals surface area (Å²) < 4.78 is 5.80. The Hall–Kier alpha value is -0.0400. The first kappa shape index (κ1) is 10.0. The summed E-state index contributed by atoms with van der Waals surface area (Å²) in [6.45, 7) is 10.2. The van der Waals surface area contributed by atoms with E-state index in [9.17, 15) is 0 Å². The van der Waals surface area contributed by atoms with Crippen LogP contribution in [0.15, 0.2) is 0 Å². The lowest BCUT2D eigenvalue weighted by Gasteiger charge is -2.39. The molecule has 0 unspecified atom stereocenters. The van der Waals surface area contributed by atoms with Crippen LogP contribution in [-0.2, 0) is 4.74 Å². The van der Waals surface area contributed by atoms with Gasteiger partial charge < -0.3 is 4.74 Å². The summed E-state index contributed by atoms with van der Waals surface area (Å²) in [6, 6.07) is 0. The summed E-state index contributed by atoms with van der Waals surface area (Å²) in [7, 11) is 0. The summed E-state index contributed by atoms with van der Waals surface area (Å²) in [6.07, 6.45) is 4.27. The highest BCUT2D eigenvalue weighted by Crippen LogP contribution is 2.36. The van der Waals surface area contributed by atoms with E-state index in [1.807, 2.05) is 0 Å². The minimum absolute atomic E-state index is 0.405. The Bertz CT molecular complexity index is 138. The van der Waals surface area contributed by atoms with Crippen molar-refractivity contribution < 1.29 is 4.74 Å². The van der Waals surface area contributed by atoms with Crippen LogP contribution in [0.3, 0.4) is 0 Å². The van der Waals surface area contributed by atoms with Gasteiger partial charge in [0, 0.05) is 6.61 Å². The minimum atomic E-state index is 0.405. The molecular formula is C11H22O. The number of hydrogen-bond acceptors (Lipinski definition) is 1. The second kappa shape index (κ2) is 3.78. The lowest BCUT2D eigenvalue weighted by atomic mass is 9.77. The Morgan fingerprint density at radius 3 is 2.58 bits per heavy atom. The Balaban J connectivity index is 2.48. The number of rotatable bonds is 2. The van der Waals surface area contributed by atoms with Crippen LogP contribution in [0.2, 0.25) is 0 Å². The third-order valence-electron chi connectivity index (χ3n) is 2.84. The zero-order valence-corrected chi connectivity index (χ0v) is 8.89. The van der Waals surface area contributed by atoms with E-state index in [4.69, 9.17) is 4.74 Å². The fourth-order valence-corrected chi connectivity index (χ4v) is 1.96. The van der Waals surface area contributed by atoms with Crippen molar-refractivity contribution in [1.29, 1.82) is 0 Å². The molecule has 0 saturated carbocycles. The van der Waals surface area contributed by atoms with E-state index in [-0.39, 0.29) is 0 Å². The third kappa shape index (κ3) is 2.48. The monoisotopic (exact) mass is 170 g/mol. The van der Waals surface area contributed by atoms with Gasteiger partial charge in [0.05, 0.1) is 6.10 Å². The highest BCUT2D eigenvalue weighted by Gasteiger charge is 2.33. The van der Waals surface area contributed by atoms with E-state index in [1.165, 1.54) is 19.3 Å². The molecule has 1 heteroatoms. The molecule has 0 bridgehead atoms. The van der Waals surface area contributed by atoms with Crippen LogP contribution in [0.5, 0.6) is 0 Å². The summed E-state index contributed by atoms with van der Waals surface area (Å²) in [5.41, 5.74) is 0.405. The standard InChI is InChI=1S/C11H22O/c1-9(2)8-10-11(3,4)6-5-7-12-10/h9-10H,5-8H2,1-4H3/t10-/m0/s1. The smallest absolute Gasteiger partial charge is 0.0628 e. The molecule has 0 aromatic heterocycles. The van der Waals surface area contributed by atoms with E-state index in [1.54, 1.807) is 0 Å². The van der Waals surface area contributed by atoms with Gasteiger partial charge in [0.25, 0.3) is 0 Å². The van der Waals surface area contributed by atoms with Crippen molar-refractivity contribution in [2.75, 3.05) is 6.61 Å². The molecule has 1 heterocycles. The molecule has 0 amide bonds. The van der Waals surface area contributed by atoms with Gasteiger partial charge in [-0.15, -0.1) is 0 Å². The predicted octanol–water partition coefficient (Wildman–Crippen LogP) is 3.24. The molecule has 0 aliphatic carbocycles. The maximum Gasteiger partial charge on any atom is 0.0628 e. The van der Waals surface area contributed by atoms with E-state index in [0.717, 1.165) is 12.5 Å². The lowest BCUT2D eigenvalue weighted by Crippen LogP contribution is -2.37. The second-order valence-corrected chi connectivity index (χ2v) is 5.08. The van der Waals surface area contributed by atoms with E-state index >= 15 is 0 Å². The third-order valence-corrected chi connectivity index (χ3v) is 2.84. The molecule has 0 radical (unpaired) electrons. The van der Waals surface area contributed by atoms with Gasteiger partial charge in [-0.2, -0.15) is 0 Å². The Kier molecular flexibility index (Phi) is 3.16. The molecule has 0 N–H and O–H groups in total. The molecule has 0 spiro atoms. The SMILES string of the molecule is CC(C)C[C@@H]1OCCCC1(C)C. The maximum absolute atomic E-state index is 5.80. The van der Waals surface area contributed by atoms with Gasteiger partial charge in [-0.05, 0) is 30.6 Å². The minimum Gasteiger partial charge on any atom is -0.378 e. The lowest BCUT2D eigenvalue weighted by molar-refractivity contribution is -0.0766. The van der Waals surface area contributed by atoms with Gasteiger partial charge in [0.2, 0.25) is 0 Å². The fraction of sp³-hybridized carbons (Fsp3) is 1.00. The zero-order valence-electron chi connectivity index (χ0n) is 8.89. The van der Waals surface area contributed by atoms with Gasteiger partial charge >= 0.3 is 0 Å². The molecule has 1 rings (SSSR count). The van der Waals surface area contributed by atoms with Crippen molar-refractivity contribution in [3.05, 3.63) is 0 Å². The van der Waals surface area contributed by atoms with Gasteiger partial charge in [0.15, 0.2) is 0 Å². The van der Waals surface area contributed by atoms with Crippen molar-refractivity contribution in [2.24, 2.45) is 11.3 Å². The van der Waals surface area contributed by atoms with Crippen LogP contribution in [0.1, 0.15) is 47.0 Å². The first-order chi connectivity index (χ1) is 5.52. The molecule has 72 valence electrons. The predicted molar refractivity (Wildman–Crippen MR) is 52.2 cm³/mol. The van der Waals surface area contributed by atoms with Gasteiger partial charge in [0.1, 0.15) is 0 Å². The molecule has 1 nitrogen and oxygen atoms in total. The van der Waals surface area contributed by atoms with Gasteiger partial charge in [-0.1, -0.05) is 27.7 Å². The first-order valence-corrected chi connectivity index (χ1v) is 5.14. The highest BCUT2D eigenvalue weighted by molar-refractivity contribution is 4.82. The van der Waals surface area contributed by atoms with Crippen LogP contribution < -0.4 is 0 Å². The molecule has 1 aliphatic rings. The average molecular weight is 170 g/mol. The quantitative estimate of drug-likeness (QED) is 0.618. The summed E-state index contributed by atoms with van der Waals surface area (Å²) in [5, 5.41) is 0. The summed E-state index contributed by atoms with van der Waals surface area (Å²) in [4.78, 5) is 0. The maximum atomic E-state index is 5.80. The molecule has 1 aliphatic heterocycles. The molecule has 1 saturated heterocycles. The molecule has 1 atom stereocenters. The largest absolute Gasteiger partial charge is 0.378 e. The van der Waals surface area contributed by atoms with Crippen LogP contribution in [-0.4, -0.2) is 12.7 Å². The Morgan fingerprint density at radius 1 is 1.42 bits per heavy atom. The van der Waals surface area contributed by atoms with Crippen LogP contribution in [0.25, 0.3) is 0 Å². The van der Waals surface area contributed by atoms with Crippen molar-refractivity contribution in [3.8, 4) is 0 Å². The molecular weight excluding hydrogens is 148 g/mol. The zero-order chi connectivity index (χ0) is 9.19. The number of ether oxygens (including phenoxy) is 1. The van der Waals surface area contributed by atoms with E-state index in [0.29, 0.717) is 11.5 Å². The van der Waals surface area contributed by atoms with Crippen molar-refractivity contribution in [2.45, 2.75) is 53.1 Å². The van der Waals surface area contributed by atoms with Crippen molar-refractivity contribution in [1.82, 2.24) is 0 Å². The first-order valence-electron chi connectivity index (χ1n) is 5.14. The fourth-order valence-electron chi connectivity index (χ4n) is 1.96. The van der Waals surface area contributed by atoms with E-state index < -0.39 is 0 Å². The van der Waals surface area contributed by atoms with Crippen LogP contribution in [0.4, 0.5) is 0 Å². The van der Waals surface area contributed by atoms with Crippen LogP contribution in [0, 0.1) is 11.3 Å². The Morgan fingerprint density at radius 2 is 2.08 bits per heavy atom. The molecule has 0 aromatic rings. The van der Waals surface area contributed by atoms with Crippen LogP contribution >= 0.6 is 0 Å². The molecule has 12 heavy (non-hydrogen) atoms. The number of hydrogen-bond donors (Lipinski definition) is 0. The topological polar surface area (TPSA) is 9.23 Å². The second-order valence-electron chi connectivity index (χ2n) is 5.08. The molecule has 0 aromatic carbocycles. The van der Waals surface area contributed by atoms with Gasteiger partial charge in [-0.3, -0.25) is 0 Å². The van der Waals surface area contributed by atoms with Gasteiger partial charge in [-0.25, -0.2) is 0 Å². The normalized spacial score (nSPS) is 29.2. The summed E-state index contributed by atoms with van der Waals surface area (Å²) >= 11 is 0. The van der Waals surface area contributed by atoms with Crippen molar-refractivity contribution in [3.63, 3.8) is 0 Å². The summed E-state index contributed by atoms with van der Waals surface area (Å²) in [5.74, 6) is 0.757. The molecule has 1 fully saturated rings. The highest BCUT2D eigenvalue weighted by atomic mass is 16.5. The van der Waals surface area contributed by atoms with E-state index in [2.05, 4.69) is 27.7 Å². The van der Waals surface area contributed by atoms with Crippen molar-refractivity contribution >= 4 is 0 Å². The Labute approximate surface area is 76.5 Å².